The Bertz CT molecular complexity index is 857. The SMILES string of the molecule is CN1CCC(O)(c2ccc3c(c2)C(=O)N(C2CCC(=O)NC2=O)C3=O)CC1. The van der Waals surface area contributed by atoms with Crippen LogP contribution < -0.4 is 5.32 Å². The van der Waals surface area contributed by atoms with Crippen LogP contribution in [0.4, 0.5) is 0 Å². The van der Waals surface area contributed by atoms with E-state index in [0.29, 0.717) is 18.4 Å². The number of nitrogens with zero attached hydrogens (tertiary/aromatic N) is 2. The first-order valence-electron chi connectivity index (χ1n) is 9.07. The van der Waals surface area contributed by atoms with Crippen LogP contribution >= 0.6 is 0 Å². The van der Waals surface area contributed by atoms with Gasteiger partial charge in [-0.25, -0.2) is 0 Å². The number of imide groups is 2. The third-order valence-electron chi connectivity index (χ3n) is 5.79. The minimum Gasteiger partial charge on any atom is -0.385 e. The highest BCUT2D eigenvalue weighted by molar-refractivity contribution is 6.23. The summed E-state index contributed by atoms with van der Waals surface area (Å²) in [4.78, 5) is 52.1. The Morgan fingerprint density at radius 3 is 2.41 bits per heavy atom. The third-order valence-corrected chi connectivity index (χ3v) is 5.79. The number of benzene rings is 1. The smallest absolute Gasteiger partial charge is 0.262 e. The summed E-state index contributed by atoms with van der Waals surface area (Å²) < 4.78 is 0. The van der Waals surface area contributed by atoms with Crippen molar-refractivity contribution in [3.8, 4) is 0 Å². The highest BCUT2D eigenvalue weighted by atomic mass is 16.3. The molecule has 0 radical (unpaired) electrons. The lowest BCUT2D eigenvalue weighted by Gasteiger charge is -2.37. The Kier molecular flexibility index (Phi) is 4.12. The topological polar surface area (TPSA) is 107 Å². The molecule has 3 aliphatic rings. The number of piperidine rings is 2. The maximum absolute atomic E-state index is 12.9. The fraction of sp³-hybridized carbons (Fsp3) is 0.474. The van der Waals surface area contributed by atoms with E-state index in [1.165, 1.54) is 0 Å². The molecule has 0 bridgehead atoms. The average molecular weight is 371 g/mol. The van der Waals surface area contributed by atoms with Crippen LogP contribution in [-0.2, 0) is 15.2 Å². The van der Waals surface area contributed by atoms with E-state index in [1.54, 1.807) is 18.2 Å². The van der Waals surface area contributed by atoms with Crippen LogP contribution in [0.2, 0.25) is 0 Å². The quantitative estimate of drug-likeness (QED) is 0.709. The van der Waals surface area contributed by atoms with Gasteiger partial charge in [-0.1, -0.05) is 6.07 Å². The van der Waals surface area contributed by atoms with Gasteiger partial charge >= 0.3 is 0 Å². The summed E-state index contributed by atoms with van der Waals surface area (Å²) in [6, 6.07) is 3.83. The van der Waals surface area contributed by atoms with Crippen molar-refractivity contribution in [2.45, 2.75) is 37.3 Å². The van der Waals surface area contributed by atoms with Gasteiger partial charge in [-0.3, -0.25) is 29.4 Å². The number of rotatable bonds is 2. The number of nitrogens with one attached hydrogen (secondary N) is 1. The van der Waals surface area contributed by atoms with Gasteiger partial charge in [0.25, 0.3) is 11.8 Å². The van der Waals surface area contributed by atoms with Gasteiger partial charge < -0.3 is 10.0 Å². The number of likely N-dealkylation sites (tertiary alicyclic amines) is 1. The fourth-order valence-corrected chi connectivity index (χ4v) is 4.04. The lowest BCUT2D eigenvalue weighted by molar-refractivity contribution is -0.136. The van der Waals surface area contributed by atoms with E-state index in [2.05, 4.69) is 10.2 Å². The Morgan fingerprint density at radius 1 is 1.07 bits per heavy atom. The zero-order chi connectivity index (χ0) is 19.3. The molecule has 4 amide bonds. The standard InChI is InChI=1S/C19H21N3O5/c1-21-8-6-19(27,7-9-21)11-2-3-12-13(10-11)18(26)22(17(12)25)14-4-5-15(23)20-16(14)24/h2-3,10,14,27H,4-9H2,1H3,(H,20,23,24). The number of aliphatic hydroxyl groups is 1. The minimum atomic E-state index is -1.03. The molecule has 0 saturated carbocycles. The van der Waals surface area contributed by atoms with Gasteiger partial charge in [0.2, 0.25) is 11.8 Å². The molecule has 0 aromatic heterocycles. The zero-order valence-electron chi connectivity index (χ0n) is 15.0. The number of fused-ring (bicyclic) bond motifs is 1. The molecule has 8 nitrogen and oxygen atoms in total. The molecule has 4 rings (SSSR count). The van der Waals surface area contributed by atoms with Gasteiger partial charge in [0.05, 0.1) is 16.7 Å². The monoisotopic (exact) mass is 371 g/mol. The van der Waals surface area contributed by atoms with E-state index in [4.69, 9.17) is 0 Å². The zero-order valence-corrected chi connectivity index (χ0v) is 15.0. The van der Waals surface area contributed by atoms with Gasteiger partial charge in [-0.2, -0.15) is 0 Å². The Labute approximate surface area is 156 Å². The van der Waals surface area contributed by atoms with Crippen LogP contribution in [0.5, 0.6) is 0 Å². The van der Waals surface area contributed by atoms with E-state index < -0.39 is 35.3 Å². The molecule has 142 valence electrons. The summed E-state index contributed by atoms with van der Waals surface area (Å²) >= 11 is 0. The molecule has 2 saturated heterocycles. The predicted octanol–water partition coefficient (Wildman–Crippen LogP) is 0.001000. The van der Waals surface area contributed by atoms with Crippen molar-refractivity contribution in [3.63, 3.8) is 0 Å². The summed E-state index contributed by atoms with van der Waals surface area (Å²) in [5.41, 5.74) is 0.00701. The second-order valence-corrected chi connectivity index (χ2v) is 7.54. The first-order valence-corrected chi connectivity index (χ1v) is 9.07. The van der Waals surface area contributed by atoms with Crippen LogP contribution in [0.25, 0.3) is 0 Å². The number of hydrogen-bond acceptors (Lipinski definition) is 6. The lowest BCUT2D eigenvalue weighted by atomic mass is 9.83. The molecule has 1 atom stereocenters. The molecule has 1 unspecified atom stereocenters. The number of carbonyl (C=O) groups excluding carboxylic acids is 4. The predicted molar refractivity (Wildman–Crippen MR) is 93.7 cm³/mol. The Morgan fingerprint density at radius 2 is 1.74 bits per heavy atom. The second kappa shape index (κ2) is 6.24. The van der Waals surface area contributed by atoms with Crippen LogP contribution in [0.1, 0.15) is 52.0 Å². The molecule has 1 aromatic carbocycles. The molecular weight excluding hydrogens is 350 g/mol. The van der Waals surface area contributed by atoms with E-state index in [-0.39, 0.29) is 24.0 Å². The molecule has 3 aliphatic heterocycles. The molecule has 0 aliphatic carbocycles. The van der Waals surface area contributed by atoms with Crippen molar-refractivity contribution in [2.24, 2.45) is 0 Å². The number of amides is 4. The second-order valence-electron chi connectivity index (χ2n) is 7.54. The highest BCUT2D eigenvalue weighted by Gasteiger charge is 2.45. The van der Waals surface area contributed by atoms with Crippen molar-refractivity contribution in [3.05, 3.63) is 34.9 Å². The minimum absolute atomic E-state index is 0.0856. The maximum Gasteiger partial charge on any atom is 0.262 e. The van der Waals surface area contributed by atoms with Crippen molar-refractivity contribution < 1.29 is 24.3 Å². The average Bonchev–Trinajstić information content (AvgIpc) is 2.89. The van der Waals surface area contributed by atoms with Gasteiger partial charge in [-0.15, -0.1) is 0 Å². The number of hydrogen-bond donors (Lipinski definition) is 2. The number of carbonyl (C=O) groups is 4. The Hall–Kier alpha value is -2.58. The highest BCUT2D eigenvalue weighted by Crippen LogP contribution is 2.36. The van der Waals surface area contributed by atoms with Crippen molar-refractivity contribution in [2.75, 3.05) is 20.1 Å². The van der Waals surface area contributed by atoms with Crippen LogP contribution in [0, 0.1) is 0 Å². The van der Waals surface area contributed by atoms with E-state index in [0.717, 1.165) is 18.0 Å². The summed E-state index contributed by atoms with van der Waals surface area (Å²) in [6.45, 7) is 1.48. The third kappa shape index (κ3) is 2.85. The van der Waals surface area contributed by atoms with Gasteiger partial charge in [0.1, 0.15) is 6.04 Å². The van der Waals surface area contributed by atoms with E-state index in [1.807, 2.05) is 7.05 Å². The van der Waals surface area contributed by atoms with Crippen molar-refractivity contribution in [1.29, 1.82) is 0 Å². The largest absolute Gasteiger partial charge is 0.385 e. The summed E-state index contributed by atoms with van der Waals surface area (Å²) in [5.74, 6) is -2.12. The fourth-order valence-electron chi connectivity index (χ4n) is 4.04. The van der Waals surface area contributed by atoms with Gasteiger partial charge in [-0.05, 0) is 44.0 Å². The lowest BCUT2D eigenvalue weighted by Crippen LogP contribution is -2.54. The van der Waals surface area contributed by atoms with Crippen LogP contribution in [0.3, 0.4) is 0 Å². The first kappa shape index (κ1) is 17.8. The molecule has 3 heterocycles. The van der Waals surface area contributed by atoms with E-state index in [9.17, 15) is 24.3 Å². The molecule has 0 spiro atoms. The Balaban J connectivity index is 1.64. The molecule has 2 fully saturated rings. The normalized spacial score (nSPS) is 25.6. The summed E-state index contributed by atoms with van der Waals surface area (Å²) in [7, 11) is 1.99. The molecule has 2 N–H and O–H groups in total. The van der Waals surface area contributed by atoms with E-state index >= 15 is 0 Å². The molecule has 27 heavy (non-hydrogen) atoms. The van der Waals surface area contributed by atoms with Gasteiger partial charge in [0, 0.05) is 19.5 Å². The van der Waals surface area contributed by atoms with Crippen molar-refractivity contribution in [1.82, 2.24) is 15.1 Å². The molecular formula is C19H21N3O5. The molecule has 1 aromatic rings. The maximum atomic E-state index is 12.9. The van der Waals surface area contributed by atoms with Gasteiger partial charge in [0.15, 0.2) is 0 Å². The first-order chi connectivity index (χ1) is 12.8. The van der Waals surface area contributed by atoms with Crippen LogP contribution in [-0.4, -0.2) is 64.7 Å². The summed E-state index contributed by atoms with van der Waals surface area (Å²) in [5, 5.41) is 13.2. The summed E-state index contributed by atoms with van der Waals surface area (Å²) in [6.07, 6.45) is 1.30. The van der Waals surface area contributed by atoms with Crippen molar-refractivity contribution >= 4 is 23.6 Å². The van der Waals surface area contributed by atoms with Crippen LogP contribution in [0.15, 0.2) is 18.2 Å². The molecule has 8 heteroatoms.